The first-order valence-electron chi connectivity index (χ1n) is 7.23. The fraction of sp³-hybridized carbons (Fsp3) is 0.176. The van der Waals surface area contributed by atoms with Gasteiger partial charge >= 0.3 is 5.97 Å². The lowest BCUT2D eigenvalue weighted by molar-refractivity contribution is 0.0600. The number of aromatic nitrogens is 2. The highest BCUT2D eigenvalue weighted by atomic mass is 16.5. The predicted octanol–water partition coefficient (Wildman–Crippen LogP) is 2.42. The molecule has 2 aromatic rings. The Morgan fingerprint density at radius 3 is 2.79 bits per heavy atom. The minimum Gasteiger partial charge on any atom is -0.465 e. The number of carbonyl (C=O) groups is 2. The number of nitrogens with zero attached hydrogens (tertiary/aromatic N) is 2. The summed E-state index contributed by atoms with van der Waals surface area (Å²) in [5.74, 6) is 0.137. The van der Waals surface area contributed by atoms with Crippen molar-refractivity contribution >= 4 is 23.4 Å². The Bertz CT molecular complexity index is 774. The third-order valence-corrected chi connectivity index (χ3v) is 3.04. The van der Waals surface area contributed by atoms with E-state index in [0.29, 0.717) is 29.4 Å². The number of esters is 1. The quantitative estimate of drug-likeness (QED) is 0.625. The Morgan fingerprint density at radius 2 is 2.08 bits per heavy atom. The van der Waals surface area contributed by atoms with E-state index in [1.165, 1.54) is 13.2 Å². The van der Waals surface area contributed by atoms with E-state index in [1.807, 2.05) is 0 Å². The topological polar surface area (TPSA) is 93.2 Å². The van der Waals surface area contributed by atoms with Crippen LogP contribution in [0.15, 0.2) is 43.0 Å². The summed E-state index contributed by atoms with van der Waals surface area (Å²) in [4.78, 5) is 32.2. The number of anilines is 2. The van der Waals surface area contributed by atoms with Crippen LogP contribution >= 0.6 is 0 Å². The van der Waals surface area contributed by atoms with Gasteiger partial charge in [0.1, 0.15) is 17.3 Å². The van der Waals surface area contributed by atoms with Gasteiger partial charge in [0.25, 0.3) is 5.91 Å². The fourth-order valence-corrected chi connectivity index (χ4v) is 1.99. The van der Waals surface area contributed by atoms with E-state index in [9.17, 15) is 9.59 Å². The first kappa shape index (κ1) is 17.1. The van der Waals surface area contributed by atoms with Crippen molar-refractivity contribution in [1.82, 2.24) is 9.97 Å². The van der Waals surface area contributed by atoms with E-state index in [2.05, 4.69) is 31.9 Å². The number of methoxy groups -OCH3 is 1. The van der Waals surface area contributed by atoms with Crippen LogP contribution in [0.4, 0.5) is 11.5 Å². The van der Waals surface area contributed by atoms with Crippen molar-refractivity contribution in [3.05, 3.63) is 60.1 Å². The molecule has 1 amide bonds. The van der Waals surface area contributed by atoms with Crippen LogP contribution in [0, 0.1) is 6.92 Å². The highest BCUT2D eigenvalue weighted by molar-refractivity contribution is 6.04. The smallest absolute Gasteiger partial charge is 0.337 e. The van der Waals surface area contributed by atoms with Crippen LogP contribution in [0.25, 0.3) is 0 Å². The van der Waals surface area contributed by atoms with E-state index in [4.69, 9.17) is 0 Å². The molecule has 0 aliphatic heterocycles. The van der Waals surface area contributed by atoms with Crippen LogP contribution in [0.2, 0.25) is 0 Å². The van der Waals surface area contributed by atoms with Gasteiger partial charge in [-0.2, -0.15) is 0 Å². The van der Waals surface area contributed by atoms with Crippen LogP contribution in [0.3, 0.4) is 0 Å². The summed E-state index contributed by atoms with van der Waals surface area (Å²) in [5.41, 5.74) is 1.04. The molecule has 0 fully saturated rings. The second kappa shape index (κ2) is 7.87. The number of nitrogens with one attached hydrogen (secondary N) is 2. The molecule has 0 unspecified atom stereocenters. The molecular weight excluding hydrogens is 308 g/mol. The molecule has 0 spiro atoms. The van der Waals surface area contributed by atoms with Crippen molar-refractivity contribution in [2.24, 2.45) is 0 Å². The normalized spacial score (nSPS) is 9.92. The van der Waals surface area contributed by atoms with E-state index >= 15 is 0 Å². The number of amides is 1. The lowest BCUT2D eigenvalue weighted by Crippen LogP contribution is -2.16. The van der Waals surface area contributed by atoms with Gasteiger partial charge in [0.2, 0.25) is 0 Å². The summed E-state index contributed by atoms with van der Waals surface area (Å²) >= 11 is 0. The molecule has 7 heteroatoms. The first-order chi connectivity index (χ1) is 11.5. The third kappa shape index (κ3) is 4.39. The number of hydrogen-bond donors (Lipinski definition) is 2. The molecule has 2 rings (SSSR count). The monoisotopic (exact) mass is 326 g/mol. The zero-order valence-electron chi connectivity index (χ0n) is 13.5. The maximum absolute atomic E-state index is 12.4. The van der Waals surface area contributed by atoms with E-state index in [0.717, 1.165) is 0 Å². The van der Waals surface area contributed by atoms with Gasteiger partial charge in [0, 0.05) is 18.3 Å². The van der Waals surface area contributed by atoms with Gasteiger partial charge in [-0.25, -0.2) is 14.8 Å². The summed E-state index contributed by atoms with van der Waals surface area (Å²) < 4.78 is 4.66. The second-order valence-corrected chi connectivity index (χ2v) is 4.88. The molecule has 0 aliphatic rings. The summed E-state index contributed by atoms with van der Waals surface area (Å²) in [5, 5.41) is 5.72. The Morgan fingerprint density at radius 1 is 1.29 bits per heavy atom. The zero-order valence-corrected chi connectivity index (χ0v) is 13.5. The Hall–Kier alpha value is -3.22. The van der Waals surface area contributed by atoms with Gasteiger partial charge in [-0.3, -0.25) is 4.79 Å². The zero-order chi connectivity index (χ0) is 17.5. The Kier molecular flexibility index (Phi) is 5.62. The number of rotatable bonds is 6. The summed E-state index contributed by atoms with van der Waals surface area (Å²) in [6.07, 6.45) is 1.69. The number of aryl methyl sites for hydroxylation is 1. The molecule has 0 saturated heterocycles. The lowest BCUT2D eigenvalue weighted by atomic mass is 10.2. The van der Waals surface area contributed by atoms with Crippen molar-refractivity contribution in [3.63, 3.8) is 0 Å². The summed E-state index contributed by atoms with van der Waals surface area (Å²) in [6.45, 7) is 5.85. The van der Waals surface area contributed by atoms with Crippen LogP contribution in [0.1, 0.15) is 26.7 Å². The molecule has 0 bridgehead atoms. The van der Waals surface area contributed by atoms with Crippen LogP contribution in [-0.4, -0.2) is 35.5 Å². The molecule has 1 heterocycles. The molecule has 2 N–H and O–H groups in total. The fourth-order valence-electron chi connectivity index (χ4n) is 1.99. The lowest BCUT2D eigenvalue weighted by Gasteiger charge is -2.09. The highest BCUT2D eigenvalue weighted by Gasteiger charge is 2.12. The van der Waals surface area contributed by atoms with Crippen molar-refractivity contribution < 1.29 is 14.3 Å². The van der Waals surface area contributed by atoms with Crippen molar-refractivity contribution in [1.29, 1.82) is 0 Å². The average molecular weight is 326 g/mol. The summed E-state index contributed by atoms with van der Waals surface area (Å²) in [7, 11) is 1.30. The average Bonchev–Trinajstić information content (AvgIpc) is 2.59. The third-order valence-electron chi connectivity index (χ3n) is 3.04. The Labute approximate surface area is 139 Å². The largest absolute Gasteiger partial charge is 0.465 e. The number of ether oxygens (including phenoxy) is 1. The molecule has 1 aromatic heterocycles. The highest BCUT2D eigenvalue weighted by Crippen LogP contribution is 2.14. The molecule has 0 radical (unpaired) electrons. The van der Waals surface area contributed by atoms with Crippen LogP contribution in [-0.2, 0) is 4.74 Å². The molecule has 1 aromatic carbocycles. The maximum atomic E-state index is 12.4. The van der Waals surface area contributed by atoms with Gasteiger partial charge in [0.05, 0.1) is 12.7 Å². The molecule has 0 saturated carbocycles. The van der Waals surface area contributed by atoms with Gasteiger partial charge in [-0.15, -0.1) is 6.58 Å². The molecule has 0 aliphatic carbocycles. The molecule has 24 heavy (non-hydrogen) atoms. The van der Waals surface area contributed by atoms with E-state index < -0.39 is 11.9 Å². The van der Waals surface area contributed by atoms with Gasteiger partial charge in [-0.1, -0.05) is 12.1 Å². The standard InChI is InChI=1S/C17H18N4O3/c1-4-8-18-15-10-14(19-11(2)20-15)16(22)21-13-7-5-6-12(9-13)17(23)24-3/h4-7,9-10H,1,8H2,2-3H3,(H,21,22)(H,18,19,20). The minimum atomic E-state index is -0.472. The predicted molar refractivity (Wildman–Crippen MR) is 91.2 cm³/mol. The van der Waals surface area contributed by atoms with E-state index in [-0.39, 0.29) is 5.69 Å². The maximum Gasteiger partial charge on any atom is 0.337 e. The van der Waals surface area contributed by atoms with Gasteiger partial charge in [0.15, 0.2) is 0 Å². The van der Waals surface area contributed by atoms with Gasteiger partial charge in [-0.05, 0) is 25.1 Å². The number of hydrogen-bond acceptors (Lipinski definition) is 6. The molecule has 7 nitrogen and oxygen atoms in total. The minimum absolute atomic E-state index is 0.220. The SMILES string of the molecule is C=CCNc1cc(C(=O)Nc2cccc(C(=O)OC)c2)nc(C)n1. The molecule has 124 valence electrons. The molecule has 0 atom stereocenters. The second-order valence-electron chi connectivity index (χ2n) is 4.88. The van der Waals surface area contributed by atoms with E-state index in [1.54, 1.807) is 37.3 Å². The molecular formula is C17H18N4O3. The van der Waals surface area contributed by atoms with Crippen LogP contribution < -0.4 is 10.6 Å². The summed E-state index contributed by atoms with van der Waals surface area (Å²) in [6, 6.07) is 8.03. The van der Waals surface area contributed by atoms with Crippen molar-refractivity contribution in [2.45, 2.75) is 6.92 Å². The van der Waals surface area contributed by atoms with Crippen LogP contribution in [0.5, 0.6) is 0 Å². The Balaban J connectivity index is 2.19. The van der Waals surface area contributed by atoms with Crippen molar-refractivity contribution in [3.8, 4) is 0 Å². The van der Waals surface area contributed by atoms with Gasteiger partial charge < -0.3 is 15.4 Å². The first-order valence-corrected chi connectivity index (χ1v) is 7.23. The number of carbonyl (C=O) groups excluding carboxylic acids is 2. The number of benzene rings is 1. The van der Waals surface area contributed by atoms with Crippen molar-refractivity contribution in [2.75, 3.05) is 24.3 Å².